The molecule has 112 valence electrons. The third-order valence-corrected chi connectivity index (χ3v) is 4.22. The van der Waals surface area contributed by atoms with Crippen LogP contribution >= 0.6 is 0 Å². The summed E-state index contributed by atoms with van der Waals surface area (Å²) < 4.78 is 5.34. The molecule has 2 saturated heterocycles. The van der Waals surface area contributed by atoms with Gasteiger partial charge in [0.1, 0.15) is 5.92 Å². The van der Waals surface area contributed by atoms with Gasteiger partial charge < -0.3 is 4.74 Å². The van der Waals surface area contributed by atoms with E-state index < -0.39 is 5.92 Å². The zero-order valence-electron chi connectivity index (χ0n) is 12.7. The number of hydrogen-bond donors (Lipinski definition) is 0. The number of amides is 2. The molecule has 5 heteroatoms. The van der Waals surface area contributed by atoms with Gasteiger partial charge in [0.15, 0.2) is 0 Å². The molecule has 1 aromatic carbocycles. The number of rotatable bonds is 1. The first-order chi connectivity index (χ1) is 10.0. The van der Waals surface area contributed by atoms with Gasteiger partial charge in [0.25, 0.3) is 11.8 Å². The molecule has 1 aromatic rings. The summed E-state index contributed by atoms with van der Waals surface area (Å²) in [6.45, 7) is 7.82. The van der Waals surface area contributed by atoms with Crippen molar-refractivity contribution in [3.05, 3.63) is 34.4 Å². The van der Waals surface area contributed by atoms with Gasteiger partial charge in [-0.05, 0) is 37.5 Å². The molecular weight excluding hydrogens is 268 g/mol. The number of aryl methyl sites for hydroxylation is 3. The highest BCUT2D eigenvalue weighted by Gasteiger charge is 2.47. The van der Waals surface area contributed by atoms with E-state index in [1.165, 1.54) is 0 Å². The predicted molar refractivity (Wildman–Crippen MR) is 77.6 cm³/mol. The Morgan fingerprint density at radius 3 is 1.90 bits per heavy atom. The second kappa shape index (κ2) is 5.15. The molecule has 0 saturated carbocycles. The molecule has 2 fully saturated rings. The third-order valence-electron chi connectivity index (χ3n) is 4.22. The molecular formula is C16H20N2O3. The topological polar surface area (TPSA) is 49.9 Å². The van der Waals surface area contributed by atoms with Crippen LogP contribution in [0.2, 0.25) is 0 Å². The highest BCUT2D eigenvalue weighted by atomic mass is 16.5. The van der Waals surface area contributed by atoms with Crippen LogP contribution < -0.4 is 0 Å². The first-order valence-electron chi connectivity index (χ1n) is 7.29. The number of hydrogen-bond acceptors (Lipinski definition) is 3. The Hall–Kier alpha value is -1.88. The van der Waals surface area contributed by atoms with Crippen molar-refractivity contribution >= 4 is 11.8 Å². The van der Waals surface area contributed by atoms with E-state index in [1.54, 1.807) is 10.0 Å². The molecule has 0 unspecified atom stereocenters. The molecule has 2 heterocycles. The highest BCUT2D eigenvalue weighted by molar-refractivity contribution is 6.10. The highest BCUT2D eigenvalue weighted by Crippen LogP contribution is 2.34. The molecule has 3 rings (SSSR count). The third kappa shape index (κ3) is 2.21. The lowest BCUT2D eigenvalue weighted by atomic mass is 9.89. The first kappa shape index (κ1) is 14.1. The maximum Gasteiger partial charge on any atom is 0.258 e. The summed E-state index contributed by atoms with van der Waals surface area (Å²) >= 11 is 0. The second-order valence-corrected chi connectivity index (χ2v) is 5.78. The van der Waals surface area contributed by atoms with Crippen LogP contribution in [0.3, 0.4) is 0 Å². The number of ether oxygens (including phenoxy) is 1. The summed E-state index contributed by atoms with van der Waals surface area (Å²) in [5.41, 5.74) is 4.03. The van der Waals surface area contributed by atoms with Crippen LogP contribution in [0.1, 0.15) is 28.2 Å². The summed E-state index contributed by atoms with van der Waals surface area (Å²) in [5.74, 6) is -0.940. The fourth-order valence-corrected chi connectivity index (χ4v) is 3.40. The minimum Gasteiger partial charge on any atom is -0.378 e. The van der Waals surface area contributed by atoms with E-state index in [9.17, 15) is 9.59 Å². The first-order valence-corrected chi connectivity index (χ1v) is 7.29. The molecule has 21 heavy (non-hydrogen) atoms. The molecule has 0 radical (unpaired) electrons. The minimum atomic E-state index is -0.691. The summed E-state index contributed by atoms with van der Waals surface area (Å²) in [5, 5.41) is 3.11. The molecule has 5 nitrogen and oxygen atoms in total. The van der Waals surface area contributed by atoms with Crippen molar-refractivity contribution in [3.63, 3.8) is 0 Å². The smallest absolute Gasteiger partial charge is 0.258 e. The lowest BCUT2D eigenvalue weighted by molar-refractivity contribution is -0.145. The number of benzene rings is 1. The van der Waals surface area contributed by atoms with E-state index >= 15 is 0 Å². The normalized spacial score (nSPS) is 20.0. The van der Waals surface area contributed by atoms with E-state index in [2.05, 4.69) is 0 Å². The van der Waals surface area contributed by atoms with Crippen molar-refractivity contribution in [2.24, 2.45) is 0 Å². The maximum atomic E-state index is 12.7. The lowest BCUT2D eigenvalue weighted by Gasteiger charge is -2.23. The maximum absolute atomic E-state index is 12.7. The van der Waals surface area contributed by atoms with Crippen molar-refractivity contribution in [2.45, 2.75) is 26.7 Å². The Morgan fingerprint density at radius 1 is 0.952 bits per heavy atom. The van der Waals surface area contributed by atoms with Crippen molar-refractivity contribution in [3.8, 4) is 0 Å². The van der Waals surface area contributed by atoms with Crippen LogP contribution in [0.25, 0.3) is 0 Å². The molecule has 0 spiro atoms. The minimum absolute atomic E-state index is 0.124. The zero-order chi connectivity index (χ0) is 15.1. The van der Waals surface area contributed by atoms with Crippen LogP contribution in [-0.4, -0.2) is 48.1 Å². The monoisotopic (exact) mass is 288 g/mol. The van der Waals surface area contributed by atoms with E-state index in [0.717, 1.165) is 22.3 Å². The number of carbonyl (C=O) groups excluding carboxylic acids is 2. The van der Waals surface area contributed by atoms with Crippen molar-refractivity contribution in [1.29, 1.82) is 0 Å². The second-order valence-electron chi connectivity index (χ2n) is 5.78. The van der Waals surface area contributed by atoms with Crippen LogP contribution in [0.5, 0.6) is 0 Å². The zero-order valence-corrected chi connectivity index (χ0v) is 12.7. The number of fused-ring (bicyclic) bond motifs is 1. The molecule has 2 aliphatic rings. The van der Waals surface area contributed by atoms with Crippen LogP contribution in [0.15, 0.2) is 12.1 Å². The van der Waals surface area contributed by atoms with Gasteiger partial charge in [-0.15, -0.1) is 0 Å². The average molecular weight is 288 g/mol. The molecule has 0 N–H and O–H groups in total. The van der Waals surface area contributed by atoms with Crippen LogP contribution in [0, 0.1) is 20.8 Å². The van der Waals surface area contributed by atoms with Gasteiger partial charge in [0.2, 0.25) is 0 Å². The number of nitrogens with zero attached hydrogens (tertiary/aromatic N) is 2. The lowest BCUT2D eigenvalue weighted by Crippen LogP contribution is -2.41. The van der Waals surface area contributed by atoms with Gasteiger partial charge in [0.05, 0.1) is 26.3 Å². The van der Waals surface area contributed by atoms with Gasteiger partial charge in [0, 0.05) is 0 Å². The Morgan fingerprint density at radius 2 is 1.43 bits per heavy atom. The fraction of sp³-hybridized carbons (Fsp3) is 0.500. The summed E-state index contributed by atoms with van der Waals surface area (Å²) in [6, 6.07) is 4.07. The predicted octanol–water partition coefficient (Wildman–Crippen LogP) is 1.31. The van der Waals surface area contributed by atoms with E-state index in [1.807, 2.05) is 32.9 Å². The molecule has 2 aliphatic heterocycles. The Balaban J connectivity index is 2.04. The Labute approximate surface area is 124 Å². The standard InChI is InChI=1S/C16H20N2O3/c1-10-8-11(2)13(12(3)9-10)14-15(19)17-4-6-21-7-5-18(17)16(14)20/h8-9,14H,4-7H2,1-3H3. The SMILES string of the molecule is Cc1cc(C)c(C2C(=O)N3CCOCCN3C2=O)c(C)c1. The summed E-state index contributed by atoms with van der Waals surface area (Å²) in [6.07, 6.45) is 0. The van der Waals surface area contributed by atoms with Gasteiger partial charge in [-0.1, -0.05) is 17.7 Å². The van der Waals surface area contributed by atoms with Gasteiger partial charge in [-0.3, -0.25) is 9.59 Å². The molecule has 0 aromatic heterocycles. The van der Waals surface area contributed by atoms with Crippen LogP contribution in [-0.2, 0) is 14.3 Å². The molecule has 0 bridgehead atoms. The van der Waals surface area contributed by atoms with Crippen molar-refractivity contribution in [2.75, 3.05) is 26.3 Å². The summed E-state index contributed by atoms with van der Waals surface area (Å²) in [4.78, 5) is 25.4. The van der Waals surface area contributed by atoms with Crippen molar-refractivity contribution < 1.29 is 14.3 Å². The largest absolute Gasteiger partial charge is 0.378 e. The van der Waals surface area contributed by atoms with Gasteiger partial charge in [-0.25, -0.2) is 10.0 Å². The van der Waals surface area contributed by atoms with Crippen LogP contribution in [0.4, 0.5) is 0 Å². The van der Waals surface area contributed by atoms with Crippen molar-refractivity contribution in [1.82, 2.24) is 10.0 Å². The number of carbonyl (C=O) groups is 2. The quantitative estimate of drug-likeness (QED) is 0.732. The Bertz CT molecular complexity index is 565. The van der Waals surface area contributed by atoms with E-state index in [-0.39, 0.29) is 11.8 Å². The average Bonchev–Trinajstić information content (AvgIpc) is 2.61. The Kier molecular flexibility index (Phi) is 3.45. The van der Waals surface area contributed by atoms with E-state index in [0.29, 0.717) is 26.3 Å². The number of hydrazine groups is 1. The molecule has 0 atom stereocenters. The fourth-order valence-electron chi connectivity index (χ4n) is 3.40. The molecule has 0 aliphatic carbocycles. The molecule has 2 amide bonds. The van der Waals surface area contributed by atoms with Gasteiger partial charge >= 0.3 is 0 Å². The van der Waals surface area contributed by atoms with Gasteiger partial charge in [-0.2, -0.15) is 0 Å². The summed E-state index contributed by atoms with van der Waals surface area (Å²) in [7, 11) is 0. The van der Waals surface area contributed by atoms with E-state index in [4.69, 9.17) is 4.74 Å².